The summed E-state index contributed by atoms with van der Waals surface area (Å²) in [5, 5.41) is 31.8. The fourth-order valence-corrected chi connectivity index (χ4v) is 6.29. The minimum Gasteiger partial charge on any atom is -0.489 e. The van der Waals surface area contributed by atoms with Crippen molar-refractivity contribution >= 4 is 23.5 Å². The number of imide groups is 1. The van der Waals surface area contributed by atoms with Crippen LogP contribution in [0.25, 0.3) is 11.6 Å². The third-order valence-electron chi connectivity index (χ3n) is 8.27. The number of amides is 2. The number of ether oxygens (including phenoxy) is 1. The molecule has 3 N–H and O–H groups in total. The summed E-state index contributed by atoms with van der Waals surface area (Å²) in [6.45, 7) is 1.79. The summed E-state index contributed by atoms with van der Waals surface area (Å²) in [4.78, 5) is 32.6. The zero-order chi connectivity index (χ0) is 30.3. The largest absolute Gasteiger partial charge is 0.489 e. The van der Waals surface area contributed by atoms with E-state index in [9.17, 15) is 24.9 Å². The normalized spacial score (nSPS) is 21.3. The number of carbonyl (C=O) groups excluding carboxylic acids is 2. The standard InChI is InChI=1S/C34H38N2O7/c1-2-16-36-33(40)27-18-23(21-42-24-8-4-3-5-9-24)31(28(20-38)32(27)34(36)41)30(39)14-11-22(29-10-6-7-15-35-29)17-25-12-13-26(19-37)43-25/h3-10,12-13,15,17,27-28,30,32,37-39H,2,11,14,16,18-21H2,1H3/b22-17-/t27-,28+,30-,32-/m1/s1. The second-order valence-electron chi connectivity index (χ2n) is 11.0. The van der Waals surface area contributed by atoms with Crippen LogP contribution in [0.15, 0.2) is 82.4 Å². The molecule has 9 nitrogen and oxygen atoms in total. The van der Waals surface area contributed by atoms with Crippen LogP contribution in [-0.4, -0.2) is 62.9 Å². The highest BCUT2D eigenvalue weighted by Crippen LogP contribution is 2.46. The smallest absolute Gasteiger partial charge is 0.233 e. The first kappa shape index (κ1) is 30.4. The second-order valence-corrected chi connectivity index (χ2v) is 11.0. The minimum atomic E-state index is -1.01. The van der Waals surface area contributed by atoms with Gasteiger partial charge in [-0.1, -0.05) is 31.2 Å². The average molecular weight is 587 g/mol. The Bertz CT molecular complexity index is 1460. The molecule has 1 fully saturated rings. The molecule has 2 aliphatic rings. The molecule has 3 heterocycles. The number of para-hydroxylation sites is 1. The summed E-state index contributed by atoms with van der Waals surface area (Å²) < 4.78 is 11.8. The summed E-state index contributed by atoms with van der Waals surface area (Å²) in [5.41, 5.74) is 2.84. The Balaban J connectivity index is 1.46. The van der Waals surface area contributed by atoms with Crippen molar-refractivity contribution in [2.75, 3.05) is 19.8 Å². The number of fused-ring (bicyclic) bond motifs is 1. The van der Waals surface area contributed by atoms with Gasteiger partial charge in [-0.15, -0.1) is 0 Å². The summed E-state index contributed by atoms with van der Waals surface area (Å²) in [5.74, 6) is -0.886. The third kappa shape index (κ3) is 6.64. The van der Waals surface area contributed by atoms with Crippen LogP contribution in [0, 0.1) is 17.8 Å². The van der Waals surface area contributed by atoms with Crippen molar-refractivity contribution in [1.82, 2.24) is 9.88 Å². The lowest BCUT2D eigenvalue weighted by Crippen LogP contribution is -2.40. The zero-order valence-corrected chi connectivity index (χ0v) is 24.3. The van der Waals surface area contributed by atoms with E-state index in [1.54, 1.807) is 18.3 Å². The summed E-state index contributed by atoms with van der Waals surface area (Å²) >= 11 is 0. The van der Waals surface area contributed by atoms with Crippen molar-refractivity contribution < 1.29 is 34.1 Å². The molecule has 5 rings (SSSR count). The number of aliphatic hydroxyl groups excluding tert-OH is 3. The van der Waals surface area contributed by atoms with Crippen molar-refractivity contribution in [3.8, 4) is 5.75 Å². The highest BCUT2D eigenvalue weighted by atomic mass is 16.5. The molecule has 1 aliphatic heterocycles. The number of hydrogen-bond donors (Lipinski definition) is 3. The van der Waals surface area contributed by atoms with E-state index in [0.29, 0.717) is 47.9 Å². The maximum Gasteiger partial charge on any atom is 0.233 e. The van der Waals surface area contributed by atoms with Gasteiger partial charge in [0.25, 0.3) is 0 Å². The molecule has 0 spiro atoms. The van der Waals surface area contributed by atoms with E-state index in [1.807, 2.05) is 61.5 Å². The topological polar surface area (TPSA) is 133 Å². The number of pyridine rings is 1. The van der Waals surface area contributed by atoms with Crippen LogP contribution >= 0.6 is 0 Å². The molecule has 2 aromatic heterocycles. The van der Waals surface area contributed by atoms with Gasteiger partial charge in [-0.3, -0.25) is 19.5 Å². The number of benzene rings is 1. The van der Waals surface area contributed by atoms with E-state index >= 15 is 0 Å². The lowest BCUT2D eigenvalue weighted by atomic mass is 9.68. The summed E-state index contributed by atoms with van der Waals surface area (Å²) in [6, 6.07) is 18.3. The van der Waals surface area contributed by atoms with E-state index in [4.69, 9.17) is 9.15 Å². The summed E-state index contributed by atoms with van der Waals surface area (Å²) in [6.07, 6.45) is 4.13. The lowest BCUT2D eigenvalue weighted by molar-refractivity contribution is -0.140. The second kappa shape index (κ2) is 13.9. The molecule has 4 atom stereocenters. The van der Waals surface area contributed by atoms with E-state index in [-0.39, 0.29) is 44.5 Å². The minimum absolute atomic E-state index is 0.130. The molecule has 9 heteroatoms. The number of furan rings is 1. The molecule has 43 heavy (non-hydrogen) atoms. The average Bonchev–Trinajstić information content (AvgIpc) is 3.60. The predicted molar refractivity (Wildman–Crippen MR) is 160 cm³/mol. The van der Waals surface area contributed by atoms with Crippen molar-refractivity contribution in [1.29, 1.82) is 0 Å². The Morgan fingerprint density at radius 3 is 2.56 bits per heavy atom. The predicted octanol–water partition coefficient (Wildman–Crippen LogP) is 4.25. The molecule has 0 unspecified atom stereocenters. The van der Waals surface area contributed by atoms with Crippen molar-refractivity contribution in [2.24, 2.45) is 17.8 Å². The van der Waals surface area contributed by atoms with Gasteiger partial charge in [0, 0.05) is 18.7 Å². The Labute approximate surface area is 251 Å². The van der Waals surface area contributed by atoms with Crippen LogP contribution < -0.4 is 4.74 Å². The number of nitrogens with zero attached hydrogens (tertiary/aromatic N) is 2. The van der Waals surface area contributed by atoms with Crippen LogP contribution in [-0.2, 0) is 16.2 Å². The molecule has 0 bridgehead atoms. The highest BCUT2D eigenvalue weighted by molar-refractivity contribution is 6.05. The van der Waals surface area contributed by atoms with Crippen LogP contribution in [0.1, 0.15) is 49.8 Å². The first-order valence-corrected chi connectivity index (χ1v) is 14.8. The van der Waals surface area contributed by atoms with Gasteiger partial charge in [-0.25, -0.2) is 0 Å². The van der Waals surface area contributed by atoms with Gasteiger partial charge >= 0.3 is 0 Å². The number of likely N-dealkylation sites (tertiary alicyclic amines) is 1. The highest BCUT2D eigenvalue weighted by Gasteiger charge is 2.54. The van der Waals surface area contributed by atoms with E-state index < -0.39 is 23.9 Å². The fourth-order valence-electron chi connectivity index (χ4n) is 6.29. The maximum absolute atomic E-state index is 13.5. The van der Waals surface area contributed by atoms with Crippen molar-refractivity contribution in [3.05, 3.63) is 95.2 Å². The number of hydrogen-bond acceptors (Lipinski definition) is 8. The number of rotatable bonds is 13. The molecule has 2 amide bonds. The first-order chi connectivity index (χ1) is 20.9. The zero-order valence-electron chi connectivity index (χ0n) is 24.3. The van der Waals surface area contributed by atoms with Gasteiger partial charge in [0.2, 0.25) is 11.8 Å². The Morgan fingerprint density at radius 1 is 1.09 bits per heavy atom. The number of aromatic nitrogens is 1. The van der Waals surface area contributed by atoms with Gasteiger partial charge in [0.1, 0.15) is 30.5 Å². The Kier molecular flexibility index (Phi) is 9.86. The molecular formula is C34H38N2O7. The van der Waals surface area contributed by atoms with Crippen molar-refractivity contribution in [2.45, 2.75) is 45.3 Å². The molecule has 3 aromatic rings. The first-order valence-electron chi connectivity index (χ1n) is 14.8. The van der Waals surface area contributed by atoms with Crippen LogP contribution in [0.5, 0.6) is 5.75 Å². The van der Waals surface area contributed by atoms with E-state index in [0.717, 1.165) is 11.1 Å². The van der Waals surface area contributed by atoms with Gasteiger partial charge in [0.05, 0.1) is 30.2 Å². The Hall–Kier alpha value is -4.05. The molecular weight excluding hydrogens is 548 g/mol. The van der Waals surface area contributed by atoms with E-state index in [1.165, 1.54) is 4.90 Å². The number of carbonyl (C=O) groups is 2. The number of allylic oxidation sites excluding steroid dienone is 1. The van der Waals surface area contributed by atoms with Gasteiger partial charge in [0.15, 0.2) is 0 Å². The number of aliphatic hydroxyl groups is 3. The van der Waals surface area contributed by atoms with Crippen LogP contribution in [0.4, 0.5) is 0 Å². The quantitative estimate of drug-likeness (QED) is 0.200. The fraction of sp³-hybridized carbons (Fsp3) is 0.382. The van der Waals surface area contributed by atoms with Gasteiger partial charge in [-0.2, -0.15) is 0 Å². The molecule has 1 saturated heterocycles. The maximum atomic E-state index is 13.5. The Morgan fingerprint density at radius 2 is 1.88 bits per heavy atom. The lowest BCUT2D eigenvalue weighted by Gasteiger charge is -2.36. The molecule has 1 aromatic carbocycles. The molecule has 0 saturated carbocycles. The molecule has 226 valence electrons. The van der Waals surface area contributed by atoms with E-state index in [2.05, 4.69) is 4.98 Å². The monoisotopic (exact) mass is 586 g/mol. The summed E-state index contributed by atoms with van der Waals surface area (Å²) in [7, 11) is 0. The SMILES string of the molecule is CCCN1C(=O)[C@@H]2[C@@H](CC(COc3ccccc3)=C([C@H](O)CC/C(=C/c3ccc(CO)o3)c3ccccn3)[C@@H]2CO)C1=O. The van der Waals surface area contributed by atoms with Crippen LogP contribution in [0.2, 0.25) is 0 Å². The van der Waals surface area contributed by atoms with Crippen LogP contribution in [0.3, 0.4) is 0 Å². The van der Waals surface area contributed by atoms with Crippen molar-refractivity contribution in [3.63, 3.8) is 0 Å². The van der Waals surface area contributed by atoms with Gasteiger partial charge in [-0.05, 0) is 84.9 Å². The molecule has 1 aliphatic carbocycles. The third-order valence-corrected chi connectivity index (χ3v) is 8.27. The van der Waals surface area contributed by atoms with Gasteiger partial charge < -0.3 is 24.5 Å². The molecule has 0 radical (unpaired) electrons.